The van der Waals surface area contributed by atoms with Crippen molar-refractivity contribution in [3.63, 3.8) is 0 Å². The van der Waals surface area contributed by atoms with Crippen LogP contribution in [0.3, 0.4) is 0 Å². The van der Waals surface area contributed by atoms with Crippen LogP contribution in [0.4, 0.5) is 0 Å². The average molecular weight is 282 g/mol. The lowest BCUT2D eigenvalue weighted by Gasteiger charge is -2.27. The lowest BCUT2D eigenvalue weighted by atomic mass is 9.90. The minimum Gasteiger partial charge on any atom is -0.489 e. The van der Waals surface area contributed by atoms with Crippen molar-refractivity contribution in [2.24, 2.45) is 0 Å². The molecule has 4 nitrogen and oxygen atoms in total. The molecule has 0 saturated heterocycles. The first kappa shape index (κ1) is 13.6. The molecule has 2 aliphatic rings. The Labute approximate surface area is 124 Å². The van der Waals surface area contributed by atoms with Crippen LogP contribution in [0, 0.1) is 0 Å². The molecule has 0 spiro atoms. The number of fused-ring (bicyclic) bond motifs is 1. The molecule has 0 amide bonds. The maximum absolute atomic E-state index is 5.78. The molecule has 0 N–H and O–H groups in total. The van der Waals surface area contributed by atoms with E-state index in [1.165, 1.54) is 16.7 Å². The molecule has 4 heteroatoms. The van der Waals surface area contributed by atoms with Crippen LogP contribution in [0.15, 0.2) is 65.7 Å². The summed E-state index contributed by atoms with van der Waals surface area (Å²) in [6.45, 7) is 2.62. The van der Waals surface area contributed by atoms with Crippen LogP contribution in [-0.2, 0) is 4.74 Å². The Hall–Kier alpha value is -2.36. The highest BCUT2D eigenvalue weighted by Gasteiger charge is 2.23. The van der Waals surface area contributed by atoms with E-state index >= 15 is 0 Å². The molecule has 1 unspecified atom stereocenters. The molecule has 108 valence electrons. The Balaban J connectivity index is 1.83. The Bertz CT molecular complexity index is 615. The van der Waals surface area contributed by atoms with Crippen LogP contribution in [0.2, 0.25) is 0 Å². The van der Waals surface area contributed by atoms with Crippen molar-refractivity contribution in [2.75, 3.05) is 6.61 Å². The molecule has 1 aliphatic carbocycles. The van der Waals surface area contributed by atoms with Gasteiger partial charge in [0.25, 0.3) is 0 Å². The molecule has 0 saturated carbocycles. The summed E-state index contributed by atoms with van der Waals surface area (Å²) in [5.41, 5.74) is 3.54. The standard InChI is InChI=1S/C17H18N2O2/c1-2-6-13-11-20-16-8-4-3-7-14(16)15(13)12-21-17-18-9-5-10-19-17/h3-5,7-11,16H,2,6,12H2,1H3. The molecule has 21 heavy (non-hydrogen) atoms. The van der Waals surface area contributed by atoms with E-state index in [1.54, 1.807) is 18.5 Å². The highest BCUT2D eigenvalue weighted by molar-refractivity contribution is 5.48. The van der Waals surface area contributed by atoms with Gasteiger partial charge in [-0.2, -0.15) is 0 Å². The van der Waals surface area contributed by atoms with Crippen molar-refractivity contribution < 1.29 is 9.47 Å². The fourth-order valence-corrected chi connectivity index (χ4v) is 2.48. The summed E-state index contributed by atoms with van der Waals surface area (Å²) in [5, 5.41) is 0. The summed E-state index contributed by atoms with van der Waals surface area (Å²) < 4.78 is 11.5. The topological polar surface area (TPSA) is 44.2 Å². The van der Waals surface area contributed by atoms with E-state index in [-0.39, 0.29) is 6.10 Å². The van der Waals surface area contributed by atoms with E-state index in [4.69, 9.17) is 9.47 Å². The lowest BCUT2D eigenvalue weighted by Crippen LogP contribution is -2.21. The van der Waals surface area contributed by atoms with Gasteiger partial charge in [-0.3, -0.25) is 0 Å². The quantitative estimate of drug-likeness (QED) is 0.830. The molecule has 1 aromatic heterocycles. The smallest absolute Gasteiger partial charge is 0.316 e. The molecular weight excluding hydrogens is 264 g/mol. The van der Waals surface area contributed by atoms with Gasteiger partial charge in [0.15, 0.2) is 0 Å². The first-order chi connectivity index (χ1) is 10.4. The summed E-state index contributed by atoms with van der Waals surface area (Å²) >= 11 is 0. The summed E-state index contributed by atoms with van der Waals surface area (Å²) in [5.74, 6) is 0. The van der Waals surface area contributed by atoms with Gasteiger partial charge < -0.3 is 9.47 Å². The van der Waals surface area contributed by atoms with Gasteiger partial charge >= 0.3 is 6.01 Å². The minimum absolute atomic E-state index is 0.00843. The van der Waals surface area contributed by atoms with Crippen molar-refractivity contribution >= 4 is 0 Å². The van der Waals surface area contributed by atoms with Gasteiger partial charge in [0, 0.05) is 23.5 Å². The first-order valence-electron chi connectivity index (χ1n) is 7.21. The molecule has 0 fully saturated rings. The van der Waals surface area contributed by atoms with E-state index in [2.05, 4.69) is 23.0 Å². The molecule has 0 bridgehead atoms. The number of hydrogen-bond acceptors (Lipinski definition) is 4. The summed E-state index contributed by atoms with van der Waals surface area (Å²) in [6, 6.07) is 2.18. The molecule has 1 aliphatic heterocycles. The van der Waals surface area contributed by atoms with E-state index < -0.39 is 0 Å². The zero-order valence-electron chi connectivity index (χ0n) is 12.0. The predicted octanol–water partition coefficient (Wildman–Crippen LogP) is 3.36. The third-order valence-electron chi connectivity index (χ3n) is 3.48. The summed E-state index contributed by atoms with van der Waals surface area (Å²) in [7, 11) is 0. The van der Waals surface area contributed by atoms with E-state index in [0.717, 1.165) is 12.8 Å². The molecular formula is C17H18N2O2. The van der Waals surface area contributed by atoms with Gasteiger partial charge in [-0.25, -0.2) is 9.97 Å². The maximum atomic E-state index is 5.78. The molecule has 0 aromatic carbocycles. The number of rotatable bonds is 5. The zero-order chi connectivity index (χ0) is 14.5. The van der Waals surface area contributed by atoms with Gasteiger partial charge in [-0.1, -0.05) is 31.6 Å². The number of nitrogens with zero attached hydrogens (tertiary/aromatic N) is 2. The highest BCUT2D eigenvalue weighted by atomic mass is 16.5. The van der Waals surface area contributed by atoms with Crippen LogP contribution in [-0.4, -0.2) is 22.7 Å². The van der Waals surface area contributed by atoms with E-state index in [1.807, 2.05) is 24.5 Å². The van der Waals surface area contributed by atoms with Crippen LogP contribution in [0.5, 0.6) is 6.01 Å². The molecule has 3 rings (SSSR count). The third kappa shape index (κ3) is 3.05. The number of ether oxygens (including phenoxy) is 2. The molecule has 1 atom stereocenters. The third-order valence-corrected chi connectivity index (χ3v) is 3.48. The minimum atomic E-state index is -0.00843. The van der Waals surface area contributed by atoms with Gasteiger partial charge in [0.05, 0.1) is 6.26 Å². The van der Waals surface area contributed by atoms with Gasteiger partial charge in [0.1, 0.15) is 12.7 Å². The first-order valence-corrected chi connectivity index (χ1v) is 7.21. The number of hydrogen-bond donors (Lipinski definition) is 0. The maximum Gasteiger partial charge on any atom is 0.316 e. The van der Waals surface area contributed by atoms with Crippen LogP contribution in [0.25, 0.3) is 0 Å². The van der Waals surface area contributed by atoms with Gasteiger partial charge in [0.2, 0.25) is 0 Å². The fourth-order valence-electron chi connectivity index (χ4n) is 2.48. The SMILES string of the molecule is CCCC1=COC2C=CC=CC2=C1COc1ncccn1. The second-order valence-electron chi connectivity index (χ2n) is 4.95. The predicted molar refractivity (Wildman–Crippen MR) is 80.7 cm³/mol. The molecule has 2 heterocycles. The van der Waals surface area contributed by atoms with Crippen molar-refractivity contribution in [1.82, 2.24) is 9.97 Å². The Kier molecular flexibility index (Phi) is 4.15. The molecule has 0 radical (unpaired) electrons. The van der Waals surface area contributed by atoms with Crippen LogP contribution < -0.4 is 4.74 Å². The fraction of sp³-hybridized carbons (Fsp3) is 0.294. The number of aromatic nitrogens is 2. The number of allylic oxidation sites excluding steroid dienone is 2. The summed E-state index contributed by atoms with van der Waals surface area (Å²) in [4.78, 5) is 8.20. The van der Waals surface area contributed by atoms with Crippen LogP contribution in [0.1, 0.15) is 19.8 Å². The second-order valence-corrected chi connectivity index (χ2v) is 4.95. The van der Waals surface area contributed by atoms with Gasteiger partial charge in [-0.05, 0) is 24.1 Å². The van der Waals surface area contributed by atoms with Gasteiger partial charge in [-0.15, -0.1) is 0 Å². The van der Waals surface area contributed by atoms with Crippen LogP contribution >= 0.6 is 0 Å². The largest absolute Gasteiger partial charge is 0.489 e. The highest BCUT2D eigenvalue weighted by Crippen LogP contribution is 2.31. The zero-order valence-corrected chi connectivity index (χ0v) is 12.0. The van der Waals surface area contributed by atoms with Crippen molar-refractivity contribution in [1.29, 1.82) is 0 Å². The van der Waals surface area contributed by atoms with E-state index in [9.17, 15) is 0 Å². The van der Waals surface area contributed by atoms with Crippen molar-refractivity contribution in [3.8, 4) is 6.01 Å². The van der Waals surface area contributed by atoms with Crippen molar-refractivity contribution in [3.05, 3.63) is 65.7 Å². The Morgan fingerprint density at radius 3 is 2.90 bits per heavy atom. The monoisotopic (exact) mass is 282 g/mol. The van der Waals surface area contributed by atoms with Crippen molar-refractivity contribution in [2.45, 2.75) is 25.9 Å². The lowest BCUT2D eigenvalue weighted by molar-refractivity contribution is 0.205. The summed E-state index contributed by atoms with van der Waals surface area (Å²) in [6.07, 6.45) is 15.4. The Morgan fingerprint density at radius 2 is 2.10 bits per heavy atom. The average Bonchev–Trinajstić information content (AvgIpc) is 2.55. The Morgan fingerprint density at radius 1 is 1.24 bits per heavy atom. The van der Waals surface area contributed by atoms with E-state index in [0.29, 0.717) is 12.6 Å². The molecule has 1 aromatic rings. The normalized spacial score (nSPS) is 19.9. The second kappa shape index (κ2) is 6.39.